The fourth-order valence-electron chi connectivity index (χ4n) is 2.74. The van der Waals surface area contributed by atoms with Crippen molar-refractivity contribution >= 4 is 0 Å². The average molecular weight is 210 g/mol. The SMILES string of the molecule is CCC1(CNCC2CCCCN2C)CC1. The molecule has 0 aromatic rings. The Kier molecular flexibility index (Phi) is 3.68. The molecule has 0 spiro atoms. The van der Waals surface area contributed by atoms with Gasteiger partial charge in [-0.15, -0.1) is 0 Å². The van der Waals surface area contributed by atoms with Crippen molar-refractivity contribution in [2.75, 3.05) is 26.7 Å². The minimum atomic E-state index is 0.702. The third-order valence-electron chi connectivity index (χ3n) is 4.51. The summed E-state index contributed by atoms with van der Waals surface area (Å²) in [6, 6.07) is 0.798. The maximum Gasteiger partial charge on any atom is 0.0217 e. The highest BCUT2D eigenvalue weighted by Crippen LogP contribution is 2.47. The summed E-state index contributed by atoms with van der Waals surface area (Å²) >= 11 is 0. The van der Waals surface area contributed by atoms with Crippen LogP contribution in [0.4, 0.5) is 0 Å². The van der Waals surface area contributed by atoms with Crippen LogP contribution >= 0.6 is 0 Å². The molecule has 1 aliphatic carbocycles. The van der Waals surface area contributed by atoms with Gasteiger partial charge in [-0.05, 0) is 51.1 Å². The summed E-state index contributed by atoms with van der Waals surface area (Å²) in [7, 11) is 2.28. The fraction of sp³-hybridized carbons (Fsp3) is 1.00. The Labute approximate surface area is 94.4 Å². The van der Waals surface area contributed by atoms with Gasteiger partial charge in [0.1, 0.15) is 0 Å². The lowest BCUT2D eigenvalue weighted by molar-refractivity contribution is 0.179. The summed E-state index contributed by atoms with van der Waals surface area (Å²) in [4.78, 5) is 2.53. The van der Waals surface area contributed by atoms with Gasteiger partial charge < -0.3 is 10.2 Å². The number of hydrogen-bond acceptors (Lipinski definition) is 2. The normalized spacial score (nSPS) is 30.4. The van der Waals surface area contributed by atoms with Crippen LogP contribution in [0.15, 0.2) is 0 Å². The first-order valence-corrected chi connectivity index (χ1v) is 6.67. The molecule has 1 heterocycles. The third-order valence-corrected chi connectivity index (χ3v) is 4.51. The van der Waals surface area contributed by atoms with Crippen molar-refractivity contribution < 1.29 is 0 Å². The second kappa shape index (κ2) is 4.84. The molecule has 0 radical (unpaired) electrons. The van der Waals surface area contributed by atoms with Gasteiger partial charge in [0.2, 0.25) is 0 Å². The summed E-state index contributed by atoms with van der Waals surface area (Å²) < 4.78 is 0. The van der Waals surface area contributed by atoms with Crippen LogP contribution in [0.5, 0.6) is 0 Å². The van der Waals surface area contributed by atoms with Gasteiger partial charge in [-0.2, -0.15) is 0 Å². The Hall–Kier alpha value is -0.0800. The molecule has 15 heavy (non-hydrogen) atoms. The van der Waals surface area contributed by atoms with Crippen molar-refractivity contribution in [1.29, 1.82) is 0 Å². The molecular formula is C13H26N2. The van der Waals surface area contributed by atoms with Crippen molar-refractivity contribution in [3.8, 4) is 0 Å². The second-order valence-electron chi connectivity index (χ2n) is 5.61. The van der Waals surface area contributed by atoms with Crippen molar-refractivity contribution in [2.45, 2.75) is 51.5 Å². The first-order chi connectivity index (χ1) is 7.26. The molecule has 1 saturated carbocycles. The lowest BCUT2D eigenvalue weighted by atomic mass is 10.0. The van der Waals surface area contributed by atoms with Gasteiger partial charge in [0.05, 0.1) is 0 Å². The van der Waals surface area contributed by atoms with Gasteiger partial charge in [-0.25, -0.2) is 0 Å². The number of rotatable bonds is 5. The van der Waals surface area contributed by atoms with E-state index in [1.54, 1.807) is 0 Å². The van der Waals surface area contributed by atoms with E-state index in [1.807, 2.05) is 0 Å². The highest BCUT2D eigenvalue weighted by molar-refractivity contribution is 4.94. The van der Waals surface area contributed by atoms with Gasteiger partial charge in [-0.3, -0.25) is 0 Å². The molecule has 1 N–H and O–H groups in total. The standard InChI is InChI=1S/C13H26N2/c1-3-13(7-8-13)11-14-10-12-6-4-5-9-15(12)2/h12,14H,3-11H2,1-2H3. The van der Waals surface area contributed by atoms with E-state index in [1.165, 1.54) is 58.2 Å². The summed E-state index contributed by atoms with van der Waals surface area (Å²) in [6.45, 7) is 6.10. The average Bonchev–Trinajstić information content (AvgIpc) is 3.02. The number of piperidine rings is 1. The Balaban J connectivity index is 1.64. The maximum absolute atomic E-state index is 3.70. The summed E-state index contributed by atoms with van der Waals surface area (Å²) in [5, 5.41) is 3.70. The van der Waals surface area contributed by atoms with Crippen LogP contribution < -0.4 is 5.32 Å². The Morgan fingerprint density at radius 2 is 2.13 bits per heavy atom. The Morgan fingerprint density at radius 1 is 1.33 bits per heavy atom. The van der Waals surface area contributed by atoms with Crippen molar-refractivity contribution in [1.82, 2.24) is 10.2 Å². The van der Waals surface area contributed by atoms with E-state index in [0.717, 1.165) is 6.04 Å². The predicted octanol–water partition coefficient (Wildman–Crippen LogP) is 2.25. The van der Waals surface area contributed by atoms with Crippen LogP contribution in [0.2, 0.25) is 0 Å². The molecule has 2 rings (SSSR count). The second-order valence-corrected chi connectivity index (χ2v) is 5.61. The van der Waals surface area contributed by atoms with Crippen LogP contribution in [-0.4, -0.2) is 37.6 Å². The molecule has 2 aliphatic rings. The number of likely N-dealkylation sites (N-methyl/N-ethyl adjacent to an activating group) is 1. The molecule has 0 aromatic carbocycles. The van der Waals surface area contributed by atoms with E-state index < -0.39 is 0 Å². The fourth-order valence-corrected chi connectivity index (χ4v) is 2.74. The maximum atomic E-state index is 3.70. The molecule has 2 heteroatoms. The van der Waals surface area contributed by atoms with E-state index in [2.05, 4.69) is 24.2 Å². The van der Waals surface area contributed by atoms with Gasteiger partial charge in [-0.1, -0.05) is 13.3 Å². The van der Waals surface area contributed by atoms with E-state index in [0.29, 0.717) is 5.41 Å². The first kappa shape index (κ1) is 11.4. The zero-order valence-corrected chi connectivity index (χ0v) is 10.4. The highest BCUT2D eigenvalue weighted by Gasteiger charge is 2.40. The molecule has 0 bridgehead atoms. The molecule has 1 aliphatic heterocycles. The number of hydrogen-bond donors (Lipinski definition) is 1. The van der Waals surface area contributed by atoms with Crippen LogP contribution in [0, 0.1) is 5.41 Å². The molecule has 1 unspecified atom stereocenters. The molecule has 1 saturated heterocycles. The zero-order chi connectivity index (χ0) is 10.7. The third kappa shape index (κ3) is 2.94. The van der Waals surface area contributed by atoms with Gasteiger partial charge >= 0.3 is 0 Å². The van der Waals surface area contributed by atoms with Crippen LogP contribution in [0.1, 0.15) is 45.4 Å². The smallest absolute Gasteiger partial charge is 0.0217 e. The predicted molar refractivity (Wildman–Crippen MR) is 65.1 cm³/mol. The van der Waals surface area contributed by atoms with Crippen molar-refractivity contribution in [3.05, 3.63) is 0 Å². The summed E-state index contributed by atoms with van der Waals surface area (Å²) in [6.07, 6.45) is 8.48. The monoisotopic (exact) mass is 210 g/mol. The molecule has 2 nitrogen and oxygen atoms in total. The largest absolute Gasteiger partial charge is 0.315 e. The number of nitrogens with one attached hydrogen (secondary N) is 1. The Morgan fingerprint density at radius 3 is 2.73 bits per heavy atom. The Bertz CT molecular complexity index is 199. The first-order valence-electron chi connectivity index (χ1n) is 6.67. The molecule has 0 amide bonds. The molecular weight excluding hydrogens is 184 g/mol. The number of likely N-dealkylation sites (tertiary alicyclic amines) is 1. The molecule has 1 atom stereocenters. The van der Waals surface area contributed by atoms with E-state index in [-0.39, 0.29) is 0 Å². The van der Waals surface area contributed by atoms with E-state index in [9.17, 15) is 0 Å². The summed E-state index contributed by atoms with van der Waals surface area (Å²) in [5.41, 5.74) is 0.702. The van der Waals surface area contributed by atoms with Crippen LogP contribution in [-0.2, 0) is 0 Å². The van der Waals surface area contributed by atoms with Crippen LogP contribution in [0.25, 0.3) is 0 Å². The van der Waals surface area contributed by atoms with E-state index >= 15 is 0 Å². The molecule has 2 fully saturated rings. The summed E-state index contributed by atoms with van der Waals surface area (Å²) in [5.74, 6) is 0. The van der Waals surface area contributed by atoms with Gasteiger partial charge in [0, 0.05) is 19.1 Å². The van der Waals surface area contributed by atoms with Gasteiger partial charge in [0.15, 0.2) is 0 Å². The topological polar surface area (TPSA) is 15.3 Å². The van der Waals surface area contributed by atoms with Gasteiger partial charge in [0.25, 0.3) is 0 Å². The molecule has 0 aromatic heterocycles. The number of nitrogens with zero attached hydrogens (tertiary/aromatic N) is 1. The quantitative estimate of drug-likeness (QED) is 0.749. The van der Waals surface area contributed by atoms with Crippen molar-refractivity contribution in [2.24, 2.45) is 5.41 Å². The zero-order valence-electron chi connectivity index (χ0n) is 10.4. The minimum Gasteiger partial charge on any atom is -0.315 e. The molecule has 88 valence electrons. The van der Waals surface area contributed by atoms with Crippen molar-refractivity contribution in [3.63, 3.8) is 0 Å². The van der Waals surface area contributed by atoms with E-state index in [4.69, 9.17) is 0 Å². The van der Waals surface area contributed by atoms with Crippen LogP contribution in [0.3, 0.4) is 0 Å². The lowest BCUT2D eigenvalue weighted by Crippen LogP contribution is -2.44. The highest BCUT2D eigenvalue weighted by atomic mass is 15.2. The lowest BCUT2D eigenvalue weighted by Gasteiger charge is -2.33. The minimum absolute atomic E-state index is 0.702.